The Morgan fingerprint density at radius 1 is 1.03 bits per heavy atom. The molecule has 0 bridgehead atoms. The summed E-state index contributed by atoms with van der Waals surface area (Å²) in [7, 11) is 0. The van der Waals surface area contributed by atoms with Crippen molar-refractivity contribution in [3.05, 3.63) is 89.7 Å². The zero-order chi connectivity index (χ0) is 22.5. The van der Waals surface area contributed by atoms with Crippen LogP contribution in [0, 0.1) is 6.92 Å². The van der Waals surface area contributed by atoms with E-state index >= 15 is 0 Å². The number of benzene rings is 2. The quantitative estimate of drug-likeness (QED) is 0.567. The van der Waals surface area contributed by atoms with Crippen molar-refractivity contribution in [1.29, 1.82) is 0 Å². The van der Waals surface area contributed by atoms with Gasteiger partial charge in [-0.05, 0) is 54.3 Å². The van der Waals surface area contributed by atoms with Gasteiger partial charge in [0.05, 0.1) is 5.69 Å². The van der Waals surface area contributed by atoms with Crippen LogP contribution in [0.25, 0.3) is 0 Å². The summed E-state index contributed by atoms with van der Waals surface area (Å²) in [5.41, 5.74) is 3.67. The summed E-state index contributed by atoms with van der Waals surface area (Å²) in [6.45, 7) is 4.73. The molecule has 4 rings (SSSR count). The molecule has 1 aliphatic rings. The molecule has 0 aliphatic carbocycles. The van der Waals surface area contributed by atoms with E-state index in [1.807, 2.05) is 74.5 Å². The van der Waals surface area contributed by atoms with E-state index in [1.54, 1.807) is 22.2 Å². The first-order valence-corrected chi connectivity index (χ1v) is 10.8. The van der Waals surface area contributed by atoms with Crippen molar-refractivity contribution in [3.8, 4) is 5.75 Å². The number of carbonyl (C=O) groups excluding carboxylic acids is 2. The number of rotatable bonds is 7. The van der Waals surface area contributed by atoms with Gasteiger partial charge < -0.3 is 9.64 Å². The van der Waals surface area contributed by atoms with Crippen LogP contribution in [-0.2, 0) is 22.7 Å². The van der Waals surface area contributed by atoms with Gasteiger partial charge in [0, 0.05) is 25.5 Å². The van der Waals surface area contributed by atoms with Crippen LogP contribution in [0.15, 0.2) is 73.1 Å². The van der Waals surface area contributed by atoms with Crippen LogP contribution < -0.4 is 9.64 Å². The lowest BCUT2D eigenvalue weighted by Crippen LogP contribution is -2.50. The Balaban J connectivity index is 1.62. The Hall–Kier alpha value is -3.67. The lowest BCUT2D eigenvalue weighted by molar-refractivity contribution is -0.134. The van der Waals surface area contributed by atoms with Crippen LogP contribution in [0.1, 0.15) is 30.0 Å². The molecule has 1 aromatic heterocycles. The summed E-state index contributed by atoms with van der Waals surface area (Å²) in [6, 6.07) is 19.4. The van der Waals surface area contributed by atoms with Gasteiger partial charge in [0.15, 0.2) is 6.10 Å². The molecule has 0 N–H and O–H groups in total. The van der Waals surface area contributed by atoms with Crippen molar-refractivity contribution in [2.24, 2.45) is 0 Å². The Morgan fingerprint density at radius 2 is 1.72 bits per heavy atom. The number of pyridine rings is 1. The van der Waals surface area contributed by atoms with Gasteiger partial charge in [0.25, 0.3) is 5.91 Å². The average molecular weight is 430 g/mol. The normalized spacial score (nSPS) is 15.1. The average Bonchev–Trinajstić information content (AvgIpc) is 2.81. The number of aromatic nitrogens is 1. The van der Waals surface area contributed by atoms with E-state index in [9.17, 15) is 9.59 Å². The summed E-state index contributed by atoms with van der Waals surface area (Å²) < 4.78 is 5.89. The third-order valence-electron chi connectivity index (χ3n) is 5.57. The maximum absolute atomic E-state index is 13.5. The molecule has 2 heterocycles. The van der Waals surface area contributed by atoms with Gasteiger partial charge in [-0.15, -0.1) is 0 Å². The fraction of sp³-hybridized carbons (Fsp3) is 0.269. The summed E-state index contributed by atoms with van der Waals surface area (Å²) in [6.07, 6.45) is 3.40. The third-order valence-corrected chi connectivity index (χ3v) is 5.57. The molecule has 0 saturated carbocycles. The van der Waals surface area contributed by atoms with Crippen molar-refractivity contribution >= 4 is 17.5 Å². The lowest BCUT2D eigenvalue weighted by atomic mass is 10.1. The number of nitrogens with zero attached hydrogens (tertiary/aromatic N) is 3. The number of aryl methyl sites for hydroxylation is 1. The molecular weight excluding hydrogens is 402 g/mol. The molecule has 1 aliphatic heterocycles. The van der Waals surface area contributed by atoms with Gasteiger partial charge in [-0.1, -0.05) is 43.3 Å². The first-order valence-electron chi connectivity index (χ1n) is 10.8. The SMILES string of the molecule is CCC1Oc2ccc(C)cc2N(CC(=O)N(Cc2ccccc2)Cc2ccncc2)C1=O. The zero-order valence-electron chi connectivity index (χ0n) is 18.4. The molecule has 1 unspecified atom stereocenters. The van der Waals surface area contributed by atoms with Crippen LogP contribution in [0.5, 0.6) is 5.75 Å². The van der Waals surface area contributed by atoms with Crippen LogP contribution in [0.4, 0.5) is 5.69 Å². The molecule has 0 spiro atoms. The van der Waals surface area contributed by atoms with Crippen molar-refractivity contribution in [3.63, 3.8) is 0 Å². The van der Waals surface area contributed by atoms with E-state index in [-0.39, 0.29) is 18.4 Å². The van der Waals surface area contributed by atoms with Crippen LogP contribution >= 0.6 is 0 Å². The third kappa shape index (κ3) is 4.80. The second-order valence-electron chi connectivity index (χ2n) is 8.00. The molecule has 0 saturated heterocycles. The minimum atomic E-state index is -0.583. The van der Waals surface area contributed by atoms with E-state index in [0.29, 0.717) is 30.9 Å². The van der Waals surface area contributed by atoms with Gasteiger partial charge in [-0.2, -0.15) is 0 Å². The topological polar surface area (TPSA) is 62.7 Å². The number of hydrogen-bond acceptors (Lipinski definition) is 4. The largest absolute Gasteiger partial charge is 0.478 e. The van der Waals surface area contributed by atoms with Crippen LogP contribution in [0.3, 0.4) is 0 Å². The summed E-state index contributed by atoms with van der Waals surface area (Å²) in [5, 5.41) is 0. The van der Waals surface area contributed by atoms with Crippen molar-refractivity contribution in [2.45, 2.75) is 39.5 Å². The fourth-order valence-corrected chi connectivity index (χ4v) is 3.84. The number of amides is 2. The summed E-state index contributed by atoms with van der Waals surface area (Å²) in [5.74, 6) is 0.337. The van der Waals surface area contributed by atoms with E-state index in [4.69, 9.17) is 4.74 Å². The van der Waals surface area contributed by atoms with Crippen LogP contribution in [0.2, 0.25) is 0 Å². The Bertz CT molecular complexity index is 1040. The first kappa shape index (κ1) is 21.6. The van der Waals surface area contributed by atoms with Crippen molar-refractivity contribution in [2.75, 3.05) is 11.4 Å². The molecular formula is C26H27N3O3. The standard InChI is InChI=1S/C26H27N3O3/c1-3-23-26(31)29(22-15-19(2)9-10-24(22)32-23)18-25(30)28(16-20-7-5-4-6-8-20)17-21-11-13-27-14-12-21/h4-15,23H,3,16-18H2,1-2H3. The zero-order valence-corrected chi connectivity index (χ0v) is 18.4. The highest BCUT2D eigenvalue weighted by Crippen LogP contribution is 2.35. The lowest BCUT2D eigenvalue weighted by Gasteiger charge is -2.35. The minimum Gasteiger partial charge on any atom is -0.478 e. The second-order valence-corrected chi connectivity index (χ2v) is 8.00. The molecule has 2 amide bonds. The van der Waals surface area contributed by atoms with E-state index in [1.165, 1.54) is 0 Å². The Kier molecular flexibility index (Phi) is 6.50. The molecule has 1 atom stereocenters. The highest BCUT2D eigenvalue weighted by Gasteiger charge is 2.35. The fourth-order valence-electron chi connectivity index (χ4n) is 3.84. The highest BCUT2D eigenvalue weighted by atomic mass is 16.5. The molecule has 0 radical (unpaired) electrons. The predicted molar refractivity (Wildman–Crippen MR) is 123 cm³/mol. The number of hydrogen-bond donors (Lipinski definition) is 0. The van der Waals surface area contributed by atoms with Gasteiger partial charge in [0.1, 0.15) is 12.3 Å². The predicted octanol–water partition coefficient (Wildman–Crippen LogP) is 4.12. The monoisotopic (exact) mass is 429 g/mol. The smallest absolute Gasteiger partial charge is 0.268 e. The Morgan fingerprint density at radius 3 is 2.41 bits per heavy atom. The van der Waals surface area contributed by atoms with E-state index < -0.39 is 6.10 Å². The number of carbonyl (C=O) groups is 2. The van der Waals surface area contributed by atoms with Gasteiger partial charge in [-0.25, -0.2) is 0 Å². The number of fused-ring (bicyclic) bond motifs is 1. The minimum absolute atomic E-state index is 0.0347. The van der Waals surface area contributed by atoms with Gasteiger partial charge >= 0.3 is 0 Å². The van der Waals surface area contributed by atoms with Gasteiger partial charge in [-0.3, -0.25) is 19.5 Å². The molecule has 164 valence electrons. The maximum Gasteiger partial charge on any atom is 0.268 e. The Labute approximate surface area is 188 Å². The summed E-state index contributed by atoms with van der Waals surface area (Å²) >= 11 is 0. The molecule has 0 fully saturated rings. The molecule has 2 aromatic carbocycles. The van der Waals surface area contributed by atoms with Crippen molar-refractivity contribution < 1.29 is 14.3 Å². The van der Waals surface area contributed by atoms with E-state index in [2.05, 4.69) is 4.98 Å². The first-order chi connectivity index (χ1) is 15.5. The molecule has 6 nitrogen and oxygen atoms in total. The summed E-state index contributed by atoms with van der Waals surface area (Å²) in [4.78, 5) is 34.1. The van der Waals surface area contributed by atoms with Crippen molar-refractivity contribution in [1.82, 2.24) is 9.88 Å². The molecule has 3 aromatic rings. The highest BCUT2D eigenvalue weighted by molar-refractivity contribution is 6.03. The number of anilines is 1. The second kappa shape index (κ2) is 9.64. The maximum atomic E-state index is 13.5. The van der Waals surface area contributed by atoms with Crippen LogP contribution in [-0.4, -0.2) is 34.3 Å². The molecule has 6 heteroatoms. The number of ether oxygens (including phenoxy) is 1. The van der Waals surface area contributed by atoms with Gasteiger partial charge in [0.2, 0.25) is 5.91 Å². The molecule has 32 heavy (non-hydrogen) atoms. The van der Waals surface area contributed by atoms with E-state index in [0.717, 1.165) is 16.7 Å².